The van der Waals surface area contributed by atoms with E-state index in [1.54, 1.807) is 54.6 Å². The van der Waals surface area contributed by atoms with E-state index in [1.807, 2.05) is 0 Å². The highest BCUT2D eigenvalue weighted by Crippen LogP contribution is 2.32. The van der Waals surface area contributed by atoms with Crippen molar-refractivity contribution in [1.29, 1.82) is 0 Å². The van der Waals surface area contributed by atoms with E-state index in [2.05, 4.69) is 5.32 Å². The Bertz CT molecular complexity index is 1600. The zero-order valence-corrected chi connectivity index (χ0v) is 24.7. The molecule has 0 spiro atoms. The SMILES string of the molecule is COc1ccc(CN(C(=O)CN2C(=O)c3ccccc3S2(=O)=O)[C@H](C(=O)NC[C@@H]2CCCO2)c2cccc(OC)c2)cc1. The lowest BCUT2D eigenvalue weighted by Gasteiger charge is -2.33. The van der Waals surface area contributed by atoms with Gasteiger partial charge in [0, 0.05) is 19.7 Å². The van der Waals surface area contributed by atoms with Crippen molar-refractivity contribution >= 4 is 27.7 Å². The molecule has 3 amide bonds. The predicted octanol–water partition coefficient (Wildman–Crippen LogP) is 2.91. The van der Waals surface area contributed by atoms with Crippen LogP contribution in [0.4, 0.5) is 0 Å². The molecular formula is C31H33N3O8S. The van der Waals surface area contributed by atoms with Gasteiger partial charge >= 0.3 is 0 Å². The maximum absolute atomic E-state index is 14.2. The summed E-state index contributed by atoms with van der Waals surface area (Å²) >= 11 is 0. The van der Waals surface area contributed by atoms with Gasteiger partial charge in [-0.05, 0) is 60.4 Å². The van der Waals surface area contributed by atoms with E-state index in [1.165, 1.54) is 37.3 Å². The molecule has 1 N–H and O–H groups in total. The molecule has 2 atom stereocenters. The van der Waals surface area contributed by atoms with Crippen molar-refractivity contribution in [2.75, 3.05) is 33.9 Å². The van der Waals surface area contributed by atoms with Gasteiger partial charge in [-0.25, -0.2) is 12.7 Å². The number of nitrogens with zero attached hydrogens (tertiary/aromatic N) is 2. The minimum Gasteiger partial charge on any atom is -0.497 e. The van der Waals surface area contributed by atoms with Crippen LogP contribution in [0.3, 0.4) is 0 Å². The third-order valence-corrected chi connectivity index (χ3v) is 9.31. The second-order valence-electron chi connectivity index (χ2n) is 10.2. The Hall–Kier alpha value is -4.42. The maximum Gasteiger partial charge on any atom is 0.269 e. The largest absolute Gasteiger partial charge is 0.497 e. The zero-order chi connectivity index (χ0) is 30.6. The van der Waals surface area contributed by atoms with Gasteiger partial charge < -0.3 is 24.4 Å². The highest BCUT2D eigenvalue weighted by atomic mass is 32.2. The first-order valence-electron chi connectivity index (χ1n) is 13.8. The molecule has 2 heterocycles. The van der Waals surface area contributed by atoms with Crippen LogP contribution in [0.25, 0.3) is 0 Å². The average molecular weight is 608 g/mol. The Morgan fingerprint density at radius 1 is 1.02 bits per heavy atom. The molecule has 11 nitrogen and oxygen atoms in total. The number of benzene rings is 3. The van der Waals surface area contributed by atoms with E-state index in [0.29, 0.717) is 33.5 Å². The van der Waals surface area contributed by atoms with Crippen molar-refractivity contribution in [2.24, 2.45) is 0 Å². The fourth-order valence-corrected chi connectivity index (χ4v) is 6.77. The van der Waals surface area contributed by atoms with Gasteiger partial charge in [-0.2, -0.15) is 0 Å². The van der Waals surface area contributed by atoms with Crippen LogP contribution in [0.1, 0.15) is 40.4 Å². The maximum atomic E-state index is 14.2. The summed E-state index contributed by atoms with van der Waals surface area (Å²) in [6.45, 7) is 0.0133. The topological polar surface area (TPSA) is 132 Å². The number of ether oxygens (including phenoxy) is 3. The van der Waals surface area contributed by atoms with E-state index < -0.39 is 40.3 Å². The molecule has 0 radical (unpaired) electrons. The minimum atomic E-state index is -4.27. The fraction of sp³-hybridized carbons (Fsp3) is 0.323. The zero-order valence-electron chi connectivity index (χ0n) is 23.9. The first kappa shape index (κ1) is 30.1. The molecule has 0 aromatic heterocycles. The smallest absolute Gasteiger partial charge is 0.269 e. The second kappa shape index (κ2) is 12.8. The third-order valence-electron chi connectivity index (χ3n) is 7.52. The molecule has 1 saturated heterocycles. The molecule has 5 rings (SSSR count). The number of hydrogen-bond acceptors (Lipinski definition) is 8. The Labute approximate surface area is 250 Å². The van der Waals surface area contributed by atoms with Gasteiger partial charge in [-0.3, -0.25) is 14.4 Å². The first-order chi connectivity index (χ1) is 20.7. The highest BCUT2D eigenvalue weighted by Gasteiger charge is 2.43. The molecular weight excluding hydrogens is 574 g/mol. The molecule has 0 bridgehead atoms. The summed E-state index contributed by atoms with van der Waals surface area (Å²) in [6, 6.07) is 18.3. The second-order valence-corrected chi connectivity index (χ2v) is 12.1. The van der Waals surface area contributed by atoms with E-state index in [4.69, 9.17) is 14.2 Å². The lowest BCUT2D eigenvalue weighted by atomic mass is 10.0. The summed E-state index contributed by atoms with van der Waals surface area (Å²) in [5.41, 5.74) is 1.11. The fourth-order valence-electron chi connectivity index (χ4n) is 5.25. The van der Waals surface area contributed by atoms with Gasteiger partial charge in [0.1, 0.15) is 29.0 Å². The van der Waals surface area contributed by atoms with E-state index >= 15 is 0 Å². The van der Waals surface area contributed by atoms with Crippen LogP contribution in [-0.2, 0) is 30.9 Å². The number of carbonyl (C=O) groups excluding carboxylic acids is 3. The van der Waals surface area contributed by atoms with Gasteiger partial charge in [0.05, 0.1) is 25.9 Å². The lowest BCUT2D eigenvalue weighted by Crippen LogP contribution is -2.48. The van der Waals surface area contributed by atoms with Crippen molar-refractivity contribution in [2.45, 2.75) is 36.4 Å². The molecule has 2 aliphatic rings. The van der Waals surface area contributed by atoms with Crippen molar-refractivity contribution < 1.29 is 37.0 Å². The average Bonchev–Trinajstić information content (AvgIpc) is 3.61. The quantitative estimate of drug-likeness (QED) is 0.352. The Morgan fingerprint density at radius 3 is 2.44 bits per heavy atom. The Kier molecular flexibility index (Phi) is 8.97. The third kappa shape index (κ3) is 6.35. The summed E-state index contributed by atoms with van der Waals surface area (Å²) in [5.74, 6) is -0.940. The molecule has 43 heavy (non-hydrogen) atoms. The summed E-state index contributed by atoms with van der Waals surface area (Å²) in [6.07, 6.45) is 1.54. The summed E-state index contributed by atoms with van der Waals surface area (Å²) in [7, 11) is -1.24. The normalized spacial score (nSPS) is 17.7. The number of carbonyl (C=O) groups is 3. The van der Waals surface area contributed by atoms with E-state index in [9.17, 15) is 22.8 Å². The molecule has 12 heteroatoms. The van der Waals surface area contributed by atoms with Crippen LogP contribution >= 0.6 is 0 Å². The number of methoxy groups -OCH3 is 2. The van der Waals surface area contributed by atoms with Gasteiger partial charge in [-0.15, -0.1) is 0 Å². The van der Waals surface area contributed by atoms with Crippen molar-refractivity contribution in [1.82, 2.24) is 14.5 Å². The molecule has 226 valence electrons. The van der Waals surface area contributed by atoms with Crippen molar-refractivity contribution in [3.05, 3.63) is 89.5 Å². The van der Waals surface area contributed by atoms with Crippen LogP contribution in [0.5, 0.6) is 11.5 Å². The molecule has 3 aromatic rings. The number of nitrogens with one attached hydrogen (secondary N) is 1. The van der Waals surface area contributed by atoms with Gasteiger partial charge in [-0.1, -0.05) is 36.4 Å². The van der Waals surface area contributed by atoms with Gasteiger partial charge in [0.2, 0.25) is 11.8 Å². The number of amides is 3. The highest BCUT2D eigenvalue weighted by molar-refractivity contribution is 7.90. The summed E-state index contributed by atoms with van der Waals surface area (Å²) in [5, 5.41) is 2.92. The van der Waals surface area contributed by atoms with Crippen LogP contribution < -0.4 is 14.8 Å². The standard InChI is InChI=1S/C31H33N3O8S/c1-40-23-14-12-21(13-15-23)19-33(28(35)20-34-31(37)26-10-3-4-11-27(26)43(34,38)39)29(22-7-5-8-24(17-22)41-2)30(36)32-18-25-9-6-16-42-25/h3-5,7-8,10-15,17,25,29H,6,9,16,18-20H2,1-2H3,(H,32,36)/t25-,29-/m0/s1. The van der Waals surface area contributed by atoms with Crippen molar-refractivity contribution in [3.8, 4) is 11.5 Å². The number of sulfonamides is 1. The lowest BCUT2D eigenvalue weighted by molar-refractivity contribution is -0.141. The monoisotopic (exact) mass is 607 g/mol. The van der Waals surface area contributed by atoms with E-state index in [0.717, 1.165) is 12.8 Å². The van der Waals surface area contributed by atoms with Crippen LogP contribution in [0.2, 0.25) is 0 Å². The minimum absolute atomic E-state index is 0.00402. The predicted molar refractivity (Wildman–Crippen MR) is 156 cm³/mol. The molecule has 0 saturated carbocycles. The Balaban J connectivity index is 1.52. The molecule has 0 aliphatic carbocycles. The van der Waals surface area contributed by atoms with E-state index in [-0.39, 0.29) is 29.7 Å². The number of rotatable bonds is 11. The van der Waals surface area contributed by atoms with Crippen LogP contribution in [0.15, 0.2) is 77.7 Å². The first-order valence-corrected chi connectivity index (χ1v) is 15.3. The molecule has 2 aliphatic heterocycles. The summed E-state index contributed by atoms with van der Waals surface area (Å²) < 4.78 is 43.5. The van der Waals surface area contributed by atoms with Crippen LogP contribution in [0, 0.1) is 0 Å². The Morgan fingerprint density at radius 2 is 1.77 bits per heavy atom. The van der Waals surface area contributed by atoms with Crippen LogP contribution in [-0.4, -0.2) is 75.4 Å². The number of hydrogen-bond donors (Lipinski definition) is 1. The molecule has 0 unspecified atom stereocenters. The van der Waals surface area contributed by atoms with Gasteiger partial charge in [0.25, 0.3) is 15.9 Å². The molecule has 3 aromatic carbocycles. The van der Waals surface area contributed by atoms with Gasteiger partial charge in [0.15, 0.2) is 0 Å². The summed E-state index contributed by atoms with van der Waals surface area (Å²) in [4.78, 5) is 42.4. The van der Waals surface area contributed by atoms with Crippen molar-refractivity contribution in [3.63, 3.8) is 0 Å². The molecule has 1 fully saturated rings. The number of fused-ring (bicyclic) bond motifs is 1.